The molecule has 0 saturated carbocycles. The molecule has 0 unspecified atom stereocenters. The van der Waals surface area contributed by atoms with Crippen molar-refractivity contribution in [1.82, 2.24) is 0 Å². The number of hydrogen-bond donors (Lipinski definition) is 2. The van der Waals surface area contributed by atoms with Crippen LogP contribution >= 0.6 is 15.9 Å². The molecule has 0 saturated heterocycles. The zero-order chi connectivity index (χ0) is 11.4. The van der Waals surface area contributed by atoms with Gasteiger partial charge in [-0.25, -0.2) is 4.39 Å². The Kier molecular flexibility index (Phi) is 4.11. The zero-order valence-corrected chi connectivity index (χ0v) is 9.71. The molecule has 0 spiro atoms. The van der Waals surface area contributed by atoms with Crippen LogP contribution in [0.3, 0.4) is 0 Å². The van der Waals surface area contributed by atoms with Crippen molar-refractivity contribution in [3.63, 3.8) is 0 Å². The Morgan fingerprint density at radius 2 is 2.33 bits per heavy atom. The van der Waals surface area contributed by atoms with Crippen LogP contribution in [0.5, 0.6) is 11.5 Å². The van der Waals surface area contributed by atoms with Crippen molar-refractivity contribution in [3.05, 3.63) is 28.0 Å². The summed E-state index contributed by atoms with van der Waals surface area (Å²) in [6.07, 6.45) is 3.34. The van der Waals surface area contributed by atoms with E-state index in [-0.39, 0.29) is 5.75 Å². The molecule has 0 aliphatic rings. The van der Waals surface area contributed by atoms with Gasteiger partial charge in [0.1, 0.15) is 0 Å². The number of ether oxygens (including phenoxy) is 1. The van der Waals surface area contributed by atoms with Gasteiger partial charge < -0.3 is 15.6 Å². The van der Waals surface area contributed by atoms with E-state index in [9.17, 15) is 9.50 Å². The van der Waals surface area contributed by atoms with Crippen molar-refractivity contribution < 1.29 is 14.2 Å². The van der Waals surface area contributed by atoms with Crippen LogP contribution in [0.2, 0.25) is 0 Å². The summed E-state index contributed by atoms with van der Waals surface area (Å²) in [5, 5.41) is 9.42. The molecule has 15 heavy (non-hydrogen) atoms. The van der Waals surface area contributed by atoms with Gasteiger partial charge in [-0.05, 0) is 22.0 Å². The van der Waals surface area contributed by atoms with Crippen molar-refractivity contribution in [2.45, 2.75) is 0 Å². The molecule has 82 valence electrons. The van der Waals surface area contributed by atoms with E-state index < -0.39 is 11.6 Å². The Morgan fingerprint density at radius 3 is 2.87 bits per heavy atom. The fourth-order valence-electron chi connectivity index (χ4n) is 1.15. The number of hydrogen-bond acceptors (Lipinski definition) is 3. The lowest BCUT2D eigenvalue weighted by molar-refractivity contribution is 0.356. The number of phenolic OH excluding ortho intramolecular Hbond substituents is 1. The molecule has 0 fully saturated rings. The van der Waals surface area contributed by atoms with Gasteiger partial charge in [0, 0.05) is 16.6 Å². The summed E-state index contributed by atoms with van der Waals surface area (Å²) in [6.45, 7) is 0.355. The van der Waals surface area contributed by atoms with Gasteiger partial charge in [-0.3, -0.25) is 0 Å². The van der Waals surface area contributed by atoms with E-state index in [0.717, 1.165) is 0 Å². The fourth-order valence-corrected chi connectivity index (χ4v) is 1.66. The van der Waals surface area contributed by atoms with E-state index >= 15 is 0 Å². The minimum absolute atomic E-state index is 0.0894. The van der Waals surface area contributed by atoms with Gasteiger partial charge >= 0.3 is 0 Å². The van der Waals surface area contributed by atoms with E-state index in [2.05, 4.69) is 15.9 Å². The highest BCUT2D eigenvalue weighted by atomic mass is 79.9. The van der Waals surface area contributed by atoms with Gasteiger partial charge in [0.2, 0.25) is 0 Å². The first kappa shape index (κ1) is 12.0. The summed E-state index contributed by atoms with van der Waals surface area (Å²) < 4.78 is 18.5. The van der Waals surface area contributed by atoms with Crippen LogP contribution in [-0.4, -0.2) is 18.8 Å². The van der Waals surface area contributed by atoms with Crippen LogP contribution in [0, 0.1) is 5.82 Å². The van der Waals surface area contributed by atoms with Gasteiger partial charge in [0.05, 0.1) is 7.11 Å². The molecule has 3 nitrogen and oxygen atoms in total. The Balaban J connectivity index is 3.35. The normalized spacial score (nSPS) is 10.9. The average molecular weight is 276 g/mol. The standard InChI is InChI=1S/C10H11BrFNO2/c1-15-10-6(3-2-4-13)7(11)5-8(12)9(10)14/h2-3,5,14H,4,13H2,1H3/b3-2+. The predicted molar refractivity (Wildman–Crippen MR) is 60.4 cm³/mol. The summed E-state index contributed by atoms with van der Waals surface area (Å²) in [4.78, 5) is 0. The molecule has 1 rings (SSSR count). The second-order valence-corrected chi connectivity index (χ2v) is 3.63. The van der Waals surface area contributed by atoms with Gasteiger partial charge in [-0.2, -0.15) is 0 Å². The molecule has 0 aliphatic heterocycles. The molecule has 1 aromatic carbocycles. The Morgan fingerprint density at radius 1 is 1.67 bits per heavy atom. The first-order valence-corrected chi connectivity index (χ1v) is 5.02. The molecule has 0 aromatic heterocycles. The second kappa shape index (κ2) is 5.14. The monoisotopic (exact) mass is 275 g/mol. The lowest BCUT2D eigenvalue weighted by Crippen LogP contribution is -1.95. The van der Waals surface area contributed by atoms with Crippen LogP contribution in [0.15, 0.2) is 16.6 Å². The number of benzene rings is 1. The Labute approximate surface area is 95.5 Å². The zero-order valence-electron chi connectivity index (χ0n) is 8.13. The second-order valence-electron chi connectivity index (χ2n) is 2.77. The number of nitrogens with two attached hydrogens (primary N) is 1. The van der Waals surface area contributed by atoms with Crippen molar-refractivity contribution in [3.8, 4) is 11.5 Å². The van der Waals surface area contributed by atoms with E-state index in [1.165, 1.54) is 13.2 Å². The first-order chi connectivity index (χ1) is 7.11. The maximum absolute atomic E-state index is 13.1. The van der Waals surface area contributed by atoms with E-state index in [4.69, 9.17) is 10.5 Å². The summed E-state index contributed by atoms with van der Waals surface area (Å²) in [5.41, 5.74) is 5.86. The molecule has 0 aliphatic carbocycles. The molecule has 0 atom stereocenters. The van der Waals surface area contributed by atoms with Crippen LogP contribution in [0.1, 0.15) is 5.56 Å². The third-order valence-electron chi connectivity index (χ3n) is 1.82. The summed E-state index contributed by atoms with van der Waals surface area (Å²) >= 11 is 3.18. The maximum Gasteiger partial charge on any atom is 0.194 e. The number of aromatic hydroxyl groups is 1. The first-order valence-electron chi connectivity index (χ1n) is 4.23. The summed E-state index contributed by atoms with van der Waals surface area (Å²) in [7, 11) is 1.36. The number of phenols is 1. The minimum Gasteiger partial charge on any atom is -0.502 e. The van der Waals surface area contributed by atoms with Gasteiger partial charge in [0.25, 0.3) is 0 Å². The molecule has 3 N–H and O–H groups in total. The molecule has 0 heterocycles. The van der Waals surface area contributed by atoms with E-state index in [1.54, 1.807) is 12.2 Å². The van der Waals surface area contributed by atoms with Gasteiger partial charge in [0.15, 0.2) is 17.3 Å². The Bertz CT molecular complexity index is 393. The van der Waals surface area contributed by atoms with Gasteiger partial charge in [-0.1, -0.05) is 12.2 Å². The van der Waals surface area contributed by atoms with Crippen LogP contribution < -0.4 is 10.5 Å². The lowest BCUT2D eigenvalue weighted by atomic mass is 10.1. The summed E-state index contributed by atoms with van der Waals surface area (Å²) in [6, 6.07) is 1.17. The van der Waals surface area contributed by atoms with Crippen molar-refractivity contribution in [2.75, 3.05) is 13.7 Å². The largest absolute Gasteiger partial charge is 0.502 e. The fraction of sp³-hybridized carbons (Fsp3) is 0.200. The average Bonchev–Trinajstić information content (AvgIpc) is 2.21. The van der Waals surface area contributed by atoms with Gasteiger partial charge in [-0.15, -0.1) is 0 Å². The topological polar surface area (TPSA) is 55.5 Å². The van der Waals surface area contributed by atoms with Crippen molar-refractivity contribution in [1.29, 1.82) is 0 Å². The predicted octanol–water partition coefficient (Wildman–Crippen LogP) is 2.27. The van der Waals surface area contributed by atoms with E-state index in [1.807, 2.05) is 0 Å². The molecule has 0 amide bonds. The number of rotatable bonds is 3. The SMILES string of the molecule is COc1c(O)c(F)cc(Br)c1/C=C/CN. The highest BCUT2D eigenvalue weighted by Crippen LogP contribution is 2.38. The number of methoxy groups -OCH3 is 1. The smallest absolute Gasteiger partial charge is 0.194 e. The molecular weight excluding hydrogens is 265 g/mol. The lowest BCUT2D eigenvalue weighted by Gasteiger charge is -2.09. The van der Waals surface area contributed by atoms with Crippen molar-refractivity contribution >= 4 is 22.0 Å². The minimum atomic E-state index is -0.733. The van der Waals surface area contributed by atoms with Crippen LogP contribution in [-0.2, 0) is 0 Å². The van der Waals surface area contributed by atoms with Crippen molar-refractivity contribution in [2.24, 2.45) is 5.73 Å². The van der Waals surface area contributed by atoms with Crippen LogP contribution in [0.4, 0.5) is 4.39 Å². The maximum atomic E-state index is 13.1. The van der Waals surface area contributed by atoms with E-state index in [0.29, 0.717) is 16.6 Å². The molecule has 0 radical (unpaired) electrons. The Hall–Kier alpha value is -1.07. The third kappa shape index (κ3) is 2.49. The molecule has 1 aromatic rings. The molecule has 5 heteroatoms. The molecular formula is C10H11BrFNO2. The van der Waals surface area contributed by atoms with Crippen LogP contribution in [0.25, 0.3) is 6.08 Å². The third-order valence-corrected chi connectivity index (χ3v) is 2.48. The highest BCUT2D eigenvalue weighted by molar-refractivity contribution is 9.10. The highest BCUT2D eigenvalue weighted by Gasteiger charge is 2.15. The number of halogens is 2. The quantitative estimate of drug-likeness (QED) is 0.890. The molecule has 0 bridgehead atoms. The summed E-state index contributed by atoms with van der Waals surface area (Å²) in [5.74, 6) is -1.15.